The lowest BCUT2D eigenvalue weighted by Gasteiger charge is -2.08. The number of nitrogens with zero attached hydrogens (tertiary/aromatic N) is 2. The van der Waals surface area contributed by atoms with Crippen LogP contribution < -0.4 is 4.74 Å². The van der Waals surface area contributed by atoms with E-state index in [-0.39, 0.29) is 18.3 Å². The highest BCUT2D eigenvalue weighted by molar-refractivity contribution is 8.23. The minimum absolute atomic E-state index is 0.119. The number of thiocarbonyl (C=S) groups is 1. The summed E-state index contributed by atoms with van der Waals surface area (Å²) in [4.78, 5) is 11.6. The molecule has 122 valence electrons. The van der Waals surface area contributed by atoms with Crippen molar-refractivity contribution in [1.82, 2.24) is 5.01 Å². The molecule has 7 heteroatoms. The van der Waals surface area contributed by atoms with Gasteiger partial charge < -0.3 is 4.74 Å². The van der Waals surface area contributed by atoms with Crippen LogP contribution in [0.4, 0.5) is 4.39 Å². The van der Waals surface area contributed by atoms with E-state index in [9.17, 15) is 9.18 Å². The molecule has 2 aromatic carbocycles. The Bertz CT molecular complexity index is 777. The lowest BCUT2D eigenvalue weighted by molar-refractivity contribution is -0.123. The van der Waals surface area contributed by atoms with Crippen molar-refractivity contribution in [2.24, 2.45) is 5.10 Å². The third-order valence-electron chi connectivity index (χ3n) is 3.28. The minimum atomic E-state index is -0.287. The number of hydrogen-bond acceptors (Lipinski definition) is 5. The molecule has 0 spiro atoms. The van der Waals surface area contributed by atoms with Crippen molar-refractivity contribution >= 4 is 40.4 Å². The molecule has 1 aliphatic heterocycles. The van der Waals surface area contributed by atoms with E-state index < -0.39 is 0 Å². The van der Waals surface area contributed by atoms with E-state index in [0.717, 1.165) is 5.56 Å². The van der Waals surface area contributed by atoms with Gasteiger partial charge in [-0.1, -0.05) is 42.2 Å². The molecule has 0 atom stereocenters. The zero-order valence-electron chi connectivity index (χ0n) is 12.5. The smallest absolute Gasteiger partial charge is 0.259 e. The van der Waals surface area contributed by atoms with E-state index in [1.165, 1.54) is 22.8 Å². The molecule has 24 heavy (non-hydrogen) atoms. The zero-order valence-corrected chi connectivity index (χ0v) is 14.1. The molecule has 3 rings (SSSR count). The number of halogens is 1. The summed E-state index contributed by atoms with van der Waals surface area (Å²) >= 11 is 6.35. The van der Waals surface area contributed by atoms with Gasteiger partial charge in [-0.25, -0.2) is 4.39 Å². The number of hydrogen-bond donors (Lipinski definition) is 0. The summed E-state index contributed by atoms with van der Waals surface area (Å²) in [6.07, 6.45) is 1.57. The van der Waals surface area contributed by atoms with Crippen LogP contribution in [0.5, 0.6) is 5.75 Å². The summed E-state index contributed by atoms with van der Waals surface area (Å²) in [7, 11) is 0. The highest BCUT2D eigenvalue weighted by atomic mass is 32.2. The molecule has 0 bridgehead atoms. The molecule has 0 N–H and O–H groups in total. The van der Waals surface area contributed by atoms with Gasteiger partial charge in [-0.15, -0.1) is 0 Å². The molecule has 1 heterocycles. The zero-order chi connectivity index (χ0) is 16.9. The van der Waals surface area contributed by atoms with Gasteiger partial charge in [0.15, 0.2) is 4.32 Å². The number of ether oxygens (including phenoxy) is 1. The standard InChI is InChI=1S/C17H13FN2O2S2/c18-15-4-2-1-3-13(15)10-22-14-7-5-12(6-8-14)9-19-20-16(21)11-24-17(20)23/h1-9H,10-11H2/b19-9+. The van der Waals surface area contributed by atoms with Gasteiger partial charge in [-0.2, -0.15) is 10.1 Å². The van der Waals surface area contributed by atoms with Crippen LogP contribution in [0, 0.1) is 5.82 Å². The van der Waals surface area contributed by atoms with Gasteiger partial charge in [0.2, 0.25) is 0 Å². The molecule has 1 aliphatic rings. The predicted octanol–water partition coefficient (Wildman–Crippen LogP) is 3.60. The van der Waals surface area contributed by atoms with Crippen LogP contribution >= 0.6 is 24.0 Å². The molecule has 1 fully saturated rings. The lowest BCUT2D eigenvalue weighted by atomic mass is 10.2. The number of hydrazone groups is 1. The minimum Gasteiger partial charge on any atom is -0.489 e. The fourth-order valence-electron chi connectivity index (χ4n) is 2.01. The Labute approximate surface area is 148 Å². The number of carbonyl (C=O) groups excluding carboxylic acids is 1. The Morgan fingerprint density at radius 1 is 1.25 bits per heavy atom. The third-order valence-corrected chi connectivity index (χ3v) is 4.62. The normalized spacial score (nSPS) is 14.6. The molecule has 0 radical (unpaired) electrons. The second-order valence-electron chi connectivity index (χ2n) is 4.95. The SMILES string of the molecule is O=C1CSC(=S)N1/N=C/c1ccc(OCc2ccccc2F)cc1. The first kappa shape index (κ1) is 16.6. The average molecular weight is 360 g/mol. The quantitative estimate of drug-likeness (QED) is 0.604. The van der Waals surface area contributed by atoms with E-state index in [1.54, 1.807) is 48.7 Å². The summed E-state index contributed by atoms with van der Waals surface area (Å²) in [6, 6.07) is 13.6. The van der Waals surface area contributed by atoms with Crippen molar-refractivity contribution < 1.29 is 13.9 Å². The van der Waals surface area contributed by atoms with E-state index in [0.29, 0.717) is 21.4 Å². The second-order valence-corrected chi connectivity index (χ2v) is 6.56. The van der Waals surface area contributed by atoms with Gasteiger partial charge in [0.25, 0.3) is 5.91 Å². The maximum atomic E-state index is 13.5. The Balaban J connectivity index is 1.60. The molecule has 0 aromatic heterocycles. The maximum Gasteiger partial charge on any atom is 0.259 e. The van der Waals surface area contributed by atoms with Crippen molar-refractivity contribution in [3.05, 3.63) is 65.5 Å². The molecule has 4 nitrogen and oxygen atoms in total. The van der Waals surface area contributed by atoms with Crippen LogP contribution in [0.25, 0.3) is 0 Å². The van der Waals surface area contributed by atoms with Crippen molar-refractivity contribution in [1.29, 1.82) is 0 Å². The largest absolute Gasteiger partial charge is 0.489 e. The summed E-state index contributed by atoms with van der Waals surface area (Å²) in [5.41, 5.74) is 1.31. The fourth-order valence-corrected chi connectivity index (χ4v) is 2.98. The van der Waals surface area contributed by atoms with Crippen molar-refractivity contribution in [3.8, 4) is 5.75 Å². The van der Waals surface area contributed by atoms with Gasteiger partial charge in [0.1, 0.15) is 18.2 Å². The first-order valence-corrected chi connectivity index (χ1v) is 8.53. The summed E-state index contributed by atoms with van der Waals surface area (Å²) < 4.78 is 19.6. The van der Waals surface area contributed by atoms with Crippen LogP contribution in [-0.2, 0) is 11.4 Å². The van der Waals surface area contributed by atoms with E-state index in [1.807, 2.05) is 0 Å². The molecule has 0 unspecified atom stereocenters. The molecular weight excluding hydrogens is 347 g/mol. The molecule has 1 amide bonds. The van der Waals surface area contributed by atoms with Crippen LogP contribution in [0.15, 0.2) is 53.6 Å². The highest BCUT2D eigenvalue weighted by Gasteiger charge is 2.25. The molecule has 0 saturated carbocycles. The predicted molar refractivity (Wildman–Crippen MR) is 96.7 cm³/mol. The number of benzene rings is 2. The third kappa shape index (κ3) is 3.98. The van der Waals surface area contributed by atoms with Crippen LogP contribution in [0.3, 0.4) is 0 Å². The van der Waals surface area contributed by atoms with Gasteiger partial charge in [-0.05, 0) is 35.9 Å². The van der Waals surface area contributed by atoms with E-state index in [4.69, 9.17) is 17.0 Å². The van der Waals surface area contributed by atoms with E-state index in [2.05, 4.69) is 5.10 Å². The van der Waals surface area contributed by atoms with E-state index >= 15 is 0 Å². The average Bonchev–Trinajstić information content (AvgIpc) is 2.91. The van der Waals surface area contributed by atoms with Gasteiger partial charge >= 0.3 is 0 Å². The first-order valence-electron chi connectivity index (χ1n) is 7.13. The highest BCUT2D eigenvalue weighted by Crippen LogP contribution is 2.20. The van der Waals surface area contributed by atoms with Crippen molar-refractivity contribution in [2.75, 3.05) is 5.75 Å². The topological polar surface area (TPSA) is 41.9 Å². The fraction of sp³-hybridized carbons (Fsp3) is 0.118. The summed E-state index contributed by atoms with van der Waals surface area (Å²) in [5.74, 6) is 0.550. The van der Waals surface area contributed by atoms with Gasteiger partial charge in [0.05, 0.1) is 12.0 Å². The van der Waals surface area contributed by atoms with Crippen molar-refractivity contribution in [3.63, 3.8) is 0 Å². The Hall–Kier alpha value is -2.25. The Kier molecular flexibility index (Phi) is 5.22. The second kappa shape index (κ2) is 7.55. The number of carbonyl (C=O) groups is 1. The molecule has 2 aromatic rings. The van der Waals surface area contributed by atoms with Crippen LogP contribution in [0.1, 0.15) is 11.1 Å². The first-order chi connectivity index (χ1) is 11.6. The van der Waals surface area contributed by atoms with Crippen LogP contribution in [-0.4, -0.2) is 27.2 Å². The number of amides is 1. The van der Waals surface area contributed by atoms with Gasteiger partial charge in [0, 0.05) is 5.56 Å². The molecule has 1 saturated heterocycles. The Morgan fingerprint density at radius 2 is 2.00 bits per heavy atom. The molecular formula is C17H13FN2O2S2. The molecule has 0 aliphatic carbocycles. The maximum absolute atomic E-state index is 13.5. The monoisotopic (exact) mass is 360 g/mol. The van der Waals surface area contributed by atoms with Gasteiger partial charge in [-0.3, -0.25) is 4.79 Å². The van der Waals surface area contributed by atoms with Crippen molar-refractivity contribution in [2.45, 2.75) is 6.61 Å². The number of rotatable bonds is 5. The summed E-state index contributed by atoms with van der Waals surface area (Å²) in [6.45, 7) is 0.161. The number of thioether (sulfide) groups is 1. The Morgan fingerprint density at radius 3 is 2.67 bits per heavy atom. The lowest BCUT2D eigenvalue weighted by Crippen LogP contribution is -2.22. The van der Waals surface area contributed by atoms with Crippen LogP contribution in [0.2, 0.25) is 0 Å². The summed E-state index contributed by atoms with van der Waals surface area (Å²) in [5, 5.41) is 5.32.